The van der Waals surface area contributed by atoms with Crippen LogP contribution in [0.1, 0.15) is 0 Å². The highest BCUT2D eigenvalue weighted by Gasteiger charge is 2.46. The maximum absolute atomic E-state index is 12.1. The molecule has 0 fully saturated rings. The van der Waals surface area contributed by atoms with E-state index in [9.17, 15) is 21.6 Å². The van der Waals surface area contributed by atoms with Gasteiger partial charge in [0.15, 0.2) is 0 Å². The van der Waals surface area contributed by atoms with E-state index in [1.165, 1.54) is 0 Å². The van der Waals surface area contributed by atoms with Crippen molar-refractivity contribution in [2.75, 3.05) is 0 Å². The summed E-state index contributed by atoms with van der Waals surface area (Å²) in [6.07, 6.45) is 0.479. The van der Waals surface area contributed by atoms with E-state index in [-0.39, 0.29) is 5.82 Å². The molecule has 0 saturated carbocycles. The van der Waals surface area contributed by atoms with Crippen molar-refractivity contribution in [1.29, 1.82) is 0 Å². The van der Waals surface area contributed by atoms with Crippen LogP contribution in [-0.2, 0) is 9.84 Å². The van der Waals surface area contributed by atoms with Gasteiger partial charge in [0, 0.05) is 11.1 Å². The minimum absolute atomic E-state index is 0.219. The van der Waals surface area contributed by atoms with Crippen molar-refractivity contribution < 1.29 is 21.6 Å². The molecular weight excluding hydrogens is 249 g/mol. The maximum atomic E-state index is 12.1. The van der Waals surface area contributed by atoms with Crippen LogP contribution < -0.4 is 0 Å². The quantitative estimate of drug-likeness (QED) is 0.459. The van der Waals surface area contributed by atoms with E-state index in [0.29, 0.717) is 12.3 Å². The second-order valence-corrected chi connectivity index (χ2v) is 4.43. The third-order valence-electron chi connectivity index (χ3n) is 1.48. The summed E-state index contributed by atoms with van der Waals surface area (Å²) in [5, 5.41) is 2.99. The van der Waals surface area contributed by atoms with E-state index in [2.05, 4.69) is 15.0 Å². The number of nitrogens with zero attached hydrogens (tertiary/aromatic N) is 4. The van der Waals surface area contributed by atoms with Crippen LogP contribution >= 0.6 is 0 Å². The smallest absolute Gasteiger partial charge is 0.253 e. The largest absolute Gasteiger partial charge is 0.501 e. The molecule has 0 N–H and O–H groups in total. The van der Waals surface area contributed by atoms with E-state index < -0.39 is 20.2 Å². The van der Waals surface area contributed by atoms with Crippen LogP contribution in [-0.4, -0.2) is 18.9 Å². The first kappa shape index (κ1) is 12.3. The monoisotopic (exact) mass is 252 g/mol. The average molecular weight is 252 g/mol. The first-order valence-electron chi connectivity index (χ1n) is 3.61. The standard InChI is InChI=1S/C6H3F3N4O2S/c7-6(8,9)16(14,15)4-1-2-5(11-3-4)12-13-10/h1-3H. The molecule has 0 aliphatic heterocycles. The summed E-state index contributed by atoms with van der Waals surface area (Å²) in [5.74, 6) is -0.219. The number of sulfone groups is 1. The molecule has 0 radical (unpaired) electrons. The molecule has 0 bridgehead atoms. The van der Waals surface area contributed by atoms with Gasteiger partial charge in [-0.1, -0.05) is 0 Å². The number of alkyl halides is 3. The van der Waals surface area contributed by atoms with Crippen LogP contribution in [0, 0.1) is 0 Å². The predicted molar refractivity (Wildman–Crippen MR) is 46.3 cm³/mol. The molecule has 1 aromatic heterocycles. The van der Waals surface area contributed by atoms with Crippen LogP contribution in [0.4, 0.5) is 19.0 Å². The minimum atomic E-state index is -5.41. The first-order chi connectivity index (χ1) is 7.29. The van der Waals surface area contributed by atoms with E-state index in [4.69, 9.17) is 5.53 Å². The Morgan fingerprint density at radius 1 is 1.38 bits per heavy atom. The lowest BCUT2D eigenvalue weighted by molar-refractivity contribution is -0.0436. The third kappa shape index (κ3) is 2.23. The van der Waals surface area contributed by atoms with Gasteiger partial charge in [0.2, 0.25) is 0 Å². The molecule has 10 heteroatoms. The van der Waals surface area contributed by atoms with Crippen LogP contribution in [0.2, 0.25) is 0 Å². The van der Waals surface area contributed by atoms with Crippen molar-refractivity contribution in [1.82, 2.24) is 4.98 Å². The molecule has 0 unspecified atom stereocenters. The summed E-state index contributed by atoms with van der Waals surface area (Å²) in [4.78, 5) is 4.58. The molecule has 1 aromatic rings. The number of hydrogen-bond donors (Lipinski definition) is 0. The lowest BCUT2D eigenvalue weighted by Gasteiger charge is -2.06. The van der Waals surface area contributed by atoms with Gasteiger partial charge in [0.1, 0.15) is 5.82 Å². The van der Waals surface area contributed by atoms with Gasteiger partial charge in [0.05, 0.1) is 4.90 Å². The summed E-state index contributed by atoms with van der Waals surface area (Å²) in [6.45, 7) is 0. The topological polar surface area (TPSA) is 95.8 Å². The Kier molecular flexibility index (Phi) is 3.06. The number of azide groups is 1. The Hall–Kier alpha value is -1.80. The third-order valence-corrected chi connectivity index (χ3v) is 2.95. The van der Waals surface area contributed by atoms with Crippen molar-refractivity contribution in [3.63, 3.8) is 0 Å². The Morgan fingerprint density at radius 3 is 2.38 bits per heavy atom. The number of pyridine rings is 1. The van der Waals surface area contributed by atoms with E-state index >= 15 is 0 Å². The fourth-order valence-electron chi connectivity index (χ4n) is 0.770. The first-order valence-corrected chi connectivity index (χ1v) is 5.10. The van der Waals surface area contributed by atoms with Crippen LogP contribution in [0.15, 0.2) is 28.3 Å². The van der Waals surface area contributed by atoms with Gasteiger partial charge in [-0.2, -0.15) is 13.2 Å². The summed E-state index contributed by atoms with van der Waals surface area (Å²) in [6, 6.07) is 1.54. The molecule has 0 aliphatic carbocycles. The second kappa shape index (κ2) is 3.99. The van der Waals surface area contributed by atoms with Crippen molar-refractivity contribution in [3.05, 3.63) is 28.8 Å². The van der Waals surface area contributed by atoms with E-state index in [1.807, 2.05) is 0 Å². The SMILES string of the molecule is [N-]=[N+]=Nc1ccc(S(=O)(=O)C(F)(F)F)cn1. The zero-order chi connectivity index (χ0) is 12.4. The van der Waals surface area contributed by atoms with Gasteiger partial charge in [-0.15, -0.1) is 0 Å². The Labute approximate surface area is 87.3 Å². The molecular formula is C6H3F3N4O2S. The molecule has 0 amide bonds. The Morgan fingerprint density at radius 2 is 2.00 bits per heavy atom. The molecule has 16 heavy (non-hydrogen) atoms. The average Bonchev–Trinajstić information content (AvgIpc) is 2.17. The Balaban J connectivity index is 3.22. The summed E-state index contributed by atoms with van der Waals surface area (Å²) < 4.78 is 57.9. The van der Waals surface area contributed by atoms with Crippen LogP contribution in [0.25, 0.3) is 10.4 Å². The number of rotatable bonds is 2. The predicted octanol–water partition coefficient (Wildman–Crippen LogP) is 2.32. The van der Waals surface area contributed by atoms with Gasteiger partial charge >= 0.3 is 5.51 Å². The fourth-order valence-corrected chi connectivity index (χ4v) is 1.48. The van der Waals surface area contributed by atoms with E-state index in [0.717, 1.165) is 6.07 Å². The minimum Gasteiger partial charge on any atom is -0.253 e. The zero-order valence-corrected chi connectivity index (χ0v) is 8.20. The molecule has 6 nitrogen and oxygen atoms in total. The Bertz CT molecular complexity index is 530. The van der Waals surface area contributed by atoms with Crippen molar-refractivity contribution in [3.8, 4) is 0 Å². The highest BCUT2D eigenvalue weighted by atomic mass is 32.2. The van der Waals surface area contributed by atoms with Gasteiger partial charge < -0.3 is 0 Å². The highest BCUT2D eigenvalue weighted by Crippen LogP contribution is 2.30. The molecule has 1 rings (SSSR count). The van der Waals surface area contributed by atoms with Crippen LogP contribution in [0.5, 0.6) is 0 Å². The summed E-state index contributed by atoms with van der Waals surface area (Å²) in [5.41, 5.74) is 2.62. The molecule has 1 heterocycles. The molecule has 0 aromatic carbocycles. The molecule has 86 valence electrons. The highest BCUT2D eigenvalue weighted by molar-refractivity contribution is 7.92. The number of halogens is 3. The van der Waals surface area contributed by atoms with Crippen molar-refractivity contribution in [2.45, 2.75) is 10.4 Å². The van der Waals surface area contributed by atoms with E-state index in [1.54, 1.807) is 0 Å². The van der Waals surface area contributed by atoms with Gasteiger partial charge in [-0.25, -0.2) is 8.42 Å². The van der Waals surface area contributed by atoms with Gasteiger partial charge in [0.25, 0.3) is 9.84 Å². The fraction of sp³-hybridized carbons (Fsp3) is 0.167. The molecule has 0 atom stereocenters. The lowest BCUT2D eigenvalue weighted by Crippen LogP contribution is -2.23. The normalized spacial score (nSPS) is 11.9. The maximum Gasteiger partial charge on any atom is 0.501 e. The van der Waals surface area contributed by atoms with Crippen molar-refractivity contribution >= 4 is 15.7 Å². The summed E-state index contributed by atoms with van der Waals surface area (Å²) >= 11 is 0. The lowest BCUT2D eigenvalue weighted by atomic mass is 10.5. The molecule has 0 aliphatic rings. The molecule has 0 saturated heterocycles. The van der Waals surface area contributed by atoms with Gasteiger partial charge in [-0.05, 0) is 22.8 Å². The molecule has 0 spiro atoms. The van der Waals surface area contributed by atoms with Gasteiger partial charge in [-0.3, -0.25) is 4.98 Å². The number of hydrogen-bond acceptors (Lipinski definition) is 4. The number of aromatic nitrogens is 1. The second-order valence-electron chi connectivity index (χ2n) is 2.49. The van der Waals surface area contributed by atoms with Crippen LogP contribution in [0.3, 0.4) is 0 Å². The summed E-state index contributed by atoms with van der Waals surface area (Å²) in [7, 11) is -5.41. The van der Waals surface area contributed by atoms with Crippen molar-refractivity contribution in [2.24, 2.45) is 5.11 Å². The zero-order valence-electron chi connectivity index (χ0n) is 7.38.